The molecule has 0 aliphatic heterocycles. The van der Waals surface area contributed by atoms with Crippen LogP contribution < -0.4 is 0 Å². The van der Waals surface area contributed by atoms with Crippen molar-refractivity contribution in [3.8, 4) is 0 Å². The van der Waals surface area contributed by atoms with Gasteiger partial charge >= 0.3 is 0 Å². The SMILES string of the molecule is CCC(C)CCC(C)(CC)CC(C)CC(C)CC(C)C. The molecule has 0 aromatic heterocycles. The van der Waals surface area contributed by atoms with Crippen LogP contribution in [0.3, 0.4) is 0 Å². The van der Waals surface area contributed by atoms with Crippen LogP contribution in [0, 0.1) is 29.1 Å². The van der Waals surface area contributed by atoms with E-state index in [1.165, 1.54) is 44.9 Å². The summed E-state index contributed by atoms with van der Waals surface area (Å²) in [6.45, 7) is 19.3. The highest BCUT2D eigenvalue weighted by molar-refractivity contribution is 4.77. The molecule has 0 rings (SSSR count). The molecule has 4 atom stereocenters. The third-order valence-electron chi connectivity index (χ3n) is 5.31. The molecule has 4 unspecified atom stereocenters. The molecular formula is C20H42. The summed E-state index contributed by atoms with van der Waals surface area (Å²) < 4.78 is 0. The monoisotopic (exact) mass is 282 g/mol. The van der Waals surface area contributed by atoms with Crippen molar-refractivity contribution in [3.05, 3.63) is 0 Å². The molecule has 0 fully saturated rings. The maximum absolute atomic E-state index is 2.53. The van der Waals surface area contributed by atoms with Gasteiger partial charge in [0, 0.05) is 0 Å². The van der Waals surface area contributed by atoms with Crippen molar-refractivity contribution in [2.75, 3.05) is 0 Å². The van der Waals surface area contributed by atoms with Crippen molar-refractivity contribution >= 4 is 0 Å². The summed E-state index contributed by atoms with van der Waals surface area (Å²) in [7, 11) is 0. The van der Waals surface area contributed by atoms with Crippen LogP contribution in [0.15, 0.2) is 0 Å². The lowest BCUT2D eigenvalue weighted by molar-refractivity contribution is 0.185. The molecule has 0 nitrogen and oxygen atoms in total. The van der Waals surface area contributed by atoms with Gasteiger partial charge in [-0.25, -0.2) is 0 Å². The Labute approximate surface area is 130 Å². The first-order valence-corrected chi connectivity index (χ1v) is 9.22. The van der Waals surface area contributed by atoms with Gasteiger partial charge in [-0.3, -0.25) is 0 Å². The summed E-state index contributed by atoms with van der Waals surface area (Å²) in [4.78, 5) is 0. The van der Waals surface area contributed by atoms with Crippen molar-refractivity contribution in [1.82, 2.24) is 0 Å². The van der Waals surface area contributed by atoms with Gasteiger partial charge in [0.2, 0.25) is 0 Å². The molecule has 0 bridgehead atoms. The second-order valence-corrected chi connectivity index (χ2v) is 8.50. The molecule has 0 amide bonds. The lowest BCUT2D eigenvalue weighted by Gasteiger charge is -2.33. The Morgan fingerprint density at radius 1 is 0.800 bits per heavy atom. The predicted octanol–water partition coefficient (Wildman–Crippen LogP) is 7.33. The van der Waals surface area contributed by atoms with Crippen LogP contribution in [-0.2, 0) is 0 Å². The molecule has 20 heavy (non-hydrogen) atoms. The molecule has 0 heteroatoms. The highest BCUT2D eigenvalue weighted by Crippen LogP contribution is 2.38. The summed E-state index contributed by atoms with van der Waals surface area (Å²) in [6, 6.07) is 0. The molecule has 0 aromatic rings. The van der Waals surface area contributed by atoms with E-state index in [9.17, 15) is 0 Å². The van der Waals surface area contributed by atoms with Crippen molar-refractivity contribution in [3.63, 3.8) is 0 Å². The van der Waals surface area contributed by atoms with Crippen molar-refractivity contribution in [1.29, 1.82) is 0 Å². The lowest BCUT2D eigenvalue weighted by atomic mass is 9.72. The molecule has 0 saturated heterocycles. The molecular weight excluding hydrogens is 240 g/mol. The first-order valence-electron chi connectivity index (χ1n) is 9.22. The Hall–Kier alpha value is 0. The number of hydrogen-bond donors (Lipinski definition) is 0. The van der Waals surface area contributed by atoms with E-state index < -0.39 is 0 Å². The van der Waals surface area contributed by atoms with Crippen LogP contribution in [0.1, 0.15) is 100 Å². The Morgan fingerprint density at radius 2 is 1.40 bits per heavy atom. The topological polar surface area (TPSA) is 0 Å². The molecule has 0 aromatic carbocycles. The minimum atomic E-state index is 0.570. The fourth-order valence-electron chi connectivity index (χ4n) is 3.73. The second-order valence-electron chi connectivity index (χ2n) is 8.50. The Kier molecular flexibility index (Phi) is 9.85. The standard InChI is InChI=1S/C20H42/c1-9-17(5)11-12-20(8,10-2)15-19(7)14-18(6)13-16(3)4/h16-19H,9-15H2,1-8H3. The molecule has 0 aliphatic rings. The van der Waals surface area contributed by atoms with E-state index >= 15 is 0 Å². The zero-order valence-electron chi connectivity index (χ0n) is 15.8. The van der Waals surface area contributed by atoms with E-state index in [0.29, 0.717) is 5.41 Å². The van der Waals surface area contributed by atoms with Crippen molar-refractivity contribution in [2.24, 2.45) is 29.1 Å². The molecule has 122 valence electrons. The van der Waals surface area contributed by atoms with Gasteiger partial charge in [0.25, 0.3) is 0 Å². The van der Waals surface area contributed by atoms with Gasteiger partial charge in [0.05, 0.1) is 0 Å². The average Bonchev–Trinajstić information content (AvgIpc) is 2.34. The fourth-order valence-corrected chi connectivity index (χ4v) is 3.73. The van der Waals surface area contributed by atoms with Gasteiger partial charge in [0.15, 0.2) is 0 Å². The van der Waals surface area contributed by atoms with Gasteiger partial charge in [0.1, 0.15) is 0 Å². The van der Waals surface area contributed by atoms with E-state index in [4.69, 9.17) is 0 Å². The highest BCUT2D eigenvalue weighted by atomic mass is 14.3. The minimum Gasteiger partial charge on any atom is -0.0651 e. The Morgan fingerprint density at radius 3 is 1.85 bits per heavy atom. The van der Waals surface area contributed by atoms with Gasteiger partial charge in [-0.2, -0.15) is 0 Å². The quantitative estimate of drug-likeness (QED) is 0.372. The van der Waals surface area contributed by atoms with Gasteiger partial charge in [-0.1, -0.05) is 74.7 Å². The van der Waals surface area contributed by atoms with E-state index in [2.05, 4.69) is 55.4 Å². The first-order chi connectivity index (χ1) is 9.22. The maximum atomic E-state index is 2.53. The van der Waals surface area contributed by atoms with E-state index in [1.54, 1.807) is 0 Å². The lowest BCUT2D eigenvalue weighted by Crippen LogP contribution is -2.21. The summed E-state index contributed by atoms with van der Waals surface area (Å²) in [5.74, 6) is 3.52. The minimum absolute atomic E-state index is 0.570. The highest BCUT2D eigenvalue weighted by Gasteiger charge is 2.25. The van der Waals surface area contributed by atoms with Crippen LogP contribution in [0.2, 0.25) is 0 Å². The third kappa shape index (κ3) is 9.03. The van der Waals surface area contributed by atoms with Gasteiger partial charge in [-0.15, -0.1) is 0 Å². The largest absolute Gasteiger partial charge is 0.0651 e. The van der Waals surface area contributed by atoms with Crippen LogP contribution >= 0.6 is 0 Å². The average molecular weight is 283 g/mol. The fraction of sp³-hybridized carbons (Fsp3) is 1.00. The summed E-state index contributed by atoms with van der Waals surface area (Å²) in [6.07, 6.45) is 9.73. The van der Waals surface area contributed by atoms with Crippen LogP contribution in [0.25, 0.3) is 0 Å². The molecule has 0 saturated carbocycles. The third-order valence-corrected chi connectivity index (χ3v) is 5.31. The smallest absolute Gasteiger partial charge is 0.0326 e. The molecule has 0 spiro atoms. The van der Waals surface area contributed by atoms with E-state index in [0.717, 1.165) is 23.7 Å². The normalized spacial score (nSPS) is 19.6. The number of hydrogen-bond acceptors (Lipinski definition) is 0. The van der Waals surface area contributed by atoms with Crippen molar-refractivity contribution in [2.45, 2.75) is 100 Å². The Balaban J connectivity index is 4.24. The first kappa shape index (κ1) is 20.0. The molecule has 0 radical (unpaired) electrons. The van der Waals surface area contributed by atoms with Crippen LogP contribution in [0.4, 0.5) is 0 Å². The van der Waals surface area contributed by atoms with Crippen molar-refractivity contribution < 1.29 is 0 Å². The second kappa shape index (κ2) is 9.85. The summed E-state index contributed by atoms with van der Waals surface area (Å²) >= 11 is 0. The summed E-state index contributed by atoms with van der Waals surface area (Å²) in [5, 5.41) is 0. The predicted molar refractivity (Wildman–Crippen MR) is 94.1 cm³/mol. The van der Waals surface area contributed by atoms with Crippen LogP contribution in [-0.4, -0.2) is 0 Å². The Bertz CT molecular complexity index is 230. The maximum Gasteiger partial charge on any atom is -0.0326 e. The number of rotatable bonds is 11. The summed E-state index contributed by atoms with van der Waals surface area (Å²) in [5.41, 5.74) is 0.570. The molecule has 0 heterocycles. The molecule has 0 aliphatic carbocycles. The zero-order chi connectivity index (χ0) is 15.8. The van der Waals surface area contributed by atoms with Crippen LogP contribution in [0.5, 0.6) is 0 Å². The van der Waals surface area contributed by atoms with Gasteiger partial charge < -0.3 is 0 Å². The molecule has 0 N–H and O–H groups in total. The van der Waals surface area contributed by atoms with E-state index in [1.807, 2.05) is 0 Å². The van der Waals surface area contributed by atoms with Gasteiger partial charge in [-0.05, 0) is 54.8 Å². The zero-order valence-corrected chi connectivity index (χ0v) is 15.8. The van der Waals surface area contributed by atoms with E-state index in [-0.39, 0.29) is 0 Å².